The summed E-state index contributed by atoms with van der Waals surface area (Å²) in [6.07, 6.45) is 10.9. The van der Waals surface area contributed by atoms with Crippen molar-refractivity contribution in [3.05, 3.63) is 30.0 Å². The van der Waals surface area contributed by atoms with E-state index in [1.165, 1.54) is 19.2 Å². The highest BCUT2D eigenvalue weighted by molar-refractivity contribution is 6.00. The summed E-state index contributed by atoms with van der Waals surface area (Å²) >= 11 is 0. The summed E-state index contributed by atoms with van der Waals surface area (Å²) in [5.41, 5.74) is 9.83. The Morgan fingerprint density at radius 3 is 2.46 bits per heavy atom. The molecule has 0 amide bonds. The molecular formula is C25H31N9O. The van der Waals surface area contributed by atoms with Crippen molar-refractivity contribution in [2.24, 2.45) is 5.92 Å². The Morgan fingerprint density at radius 2 is 1.77 bits per heavy atom. The highest BCUT2D eigenvalue weighted by atomic mass is 16.5. The number of anilines is 1. The maximum atomic E-state index is 6.33. The predicted molar refractivity (Wildman–Crippen MR) is 133 cm³/mol. The van der Waals surface area contributed by atoms with E-state index in [1.807, 2.05) is 17.1 Å². The van der Waals surface area contributed by atoms with Crippen LogP contribution in [0.3, 0.4) is 0 Å². The van der Waals surface area contributed by atoms with E-state index in [9.17, 15) is 0 Å². The van der Waals surface area contributed by atoms with Crippen LogP contribution in [0.2, 0.25) is 0 Å². The number of hydrogen-bond acceptors (Lipinski definition) is 9. The van der Waals surface area contributed by atoms with E-state index >= 15 is 0 Å². The topological polar surface area (TPSA) is 133 Å². The molecule has 0 unspecified atom stereocenters. The fourth-order valence-electron chi connectivity index (χ4n) is 4.92. The summed E-state index contributed by atoms with van der Waals surface area (Å²) in [4.78, 5) is 18.3. The Hall–Kier alpha value is -3.40. The number of nitrogens with two attached hydrogens (primary N) is 1. The van der Waals surface area contributed by atoms with E-state index in [0.717, 1.165) is 49.2 Å². The molecule has 0 aromatic carbocycles. The van der Waals surface area contributed by atoms with Crippen LogP contribution < -0.4 is 11.1 Å². The highest BCUT2D eigenvalue weighted by Crippen LogP contribution is 2.47. The van der Waals surface area contributed by atoms with Gasteiger partial charge in [-0.2, -0.15) is 5.10 Å². The van der Waals surface area contributed by atoms with E-state index in [4.69, 9.17) is 25.3 Å². The van der Waals surface area contributed by atoms with Gasteiger partial charge in [0.2, 0.25) is 0 Å². The van der Waals surface area contributed by atoms with Crippen LogP contribution in [0.25, 0.3) is 33.8 Å². The van der Waals surface area contributed by atoms with Gasteiger partial charge in [0, 0.05) is 18.3 Å². The van der Waals surface area contributed by atoms with Crippen LogP contribution in [0.1, 0.15) is 63.7 Å². The van der Waals surface area contributed by atoms with E-state index in [2.05, 4.69) is 41.2 Å². The molecule has 1 saturated carbocycles. The Labute approximate surface area is 203 Å². The molecule has 2 aliphatic rings. The monoisotopic (exact) mass is 473 g/mol. The molecule has 1 saturated heterocycles. The van der Waals surface area contributed by atoms with E-state index in [1.54, 1.807) is 0 Å². The van der Waals surface area contributed by atoms with E-state index < -0.39 is 0 Å². The largest absolute Gasteiger partial charge is 0.383 e. The molecule has 0 atom stereocenters. The standard InChI is InChI=1S/C25H31N9O/c1-25(2,3)34-24-18(22(26)30-13-31-24)19(32-34)20-17(21(35-33-20)16-4-5-16)23-28-11-15(12-29-23)10-14-6-8-27-9-7-14/h11-14,16,27H,4-10H2,1-3H3,(H2,26,30,31). The molecule has 4 aromatic rings. The summed E-state index contributed by atoms with van der Waals surface area (Å²) in [7, 11) is 0. The molecule has 4 aromatic heterocycles. The number of rotatable bonds is 5. The first-order valence-corrected chi connectivity index (χ1v) is 12.4. The van der Waals surface area contributed by atoms with Gasteiger partial charge < -0.3 is 15.6 Å². The fraction of sp³-hybridized carbons (Fsp3) is 0.520. The lowest BCUT2D eigenvalue weighted by molar-refractivity contribution is 0.365. The second-order valence-electron chi connectivity index (χ2n) is 10.7. The molecule has 10 heteroatoms. The lowest BCUT2D eigenvalue weighted by Gasteiger charge is -2.22. The molecule has 0 spiro atoms. The van der Waals surface area contributed by atoms with Crippen molar-refractivity contribution in [2.75, 3.05) is 18.8 Å². The number of piperidine rings is 1. The fourth-order valence-corrected chi connectivity index (χ4v) is 4.92. The Morgan fingerprint density at radius 1 is 1.03 bits per heavy atom. The van der Waals surface area contributed by atoms with Crippen molar-refractivity contribution < 1.29 is 4.52 Å². The number of aromatic nitrogens is 7. The molecule has 182 valence electrons. The molecule has 5 heterocycles. The molecule has 0 radical (unpaired) electrons. The van der Waals surface area contributed by atoms with Crippen LogP contribution in [0, 0.1) is 5.92 Å². The van der Waals surface area contributed by atoms with Gasteiger partial charge >= 0.3 is 0 Å². The smallest absolute Gasteiger partial charge is 0.165 e. The highest BCUT2D eigenvalue weighted by Gasteiger charge is 2.36. The lowest BCUT2D eigenvalue weighted by atomic mass is 9.92. The maximum absolute atomic E-state index is 6.33. The normalized spacial score (nSPS) is 17.3. The molecule has 35 heavy (non-hydrogen) atoms. The minimum absolute atomic E-state index is 0.312. The first-order valence-electron chi connectivity index (χ1n) is 12.4. The Kier molecular flexibility index (Phi) is 5.28. The molecule has 1 aliphatic heterocycles. The van der Waals surface area contributed by atoms with Gasteiger partial charge in [-0.1, -0.05) is 5.16 Å². The quantitative estimate of drug-likeness (QED) is 0.445. The average molecular weight is 474 g/mol. The van der Waals surface area contributed by atoms with Crippen molar-refractivity contribution in [1.29, 1.82) is 0 Å². The number of nitrogens with one attached hydrogen (secondary N) is 1. The zero-order valence-corrected chi connectivity index (χ0v) is 20.5. The van der Waals surface area contributed by atoms with Crippen LogP contribution in [-0.4, -0.2) is 48.0 Å². The lowest BCUT2D eigenvalue weighted by Crippen LogP contribution is -2.28. The van der Waals surface area contributed by atoms with Crippen molar-refractivity contribution in [1.82, 2.24) is 40.2 Å². The van der Waals surface area contributed by atoms with Crippen molar-refractivity contribution in [2.45, 2.75) is 64.3 Å². The minimum Gasteiger partial charge on any atom is -0.383 e. The summed E-state index contributed by atoms with van der Waals surface area (Å²) in [6.45, 7) is 8.39. The SMILES string of the molecule is CC(C)(C)n1nc(-c2noc(C3CC3)c2-c2ncc(CC3CCNCC3)cn2)c2c(N)ncnc21. The van der Waals surface area contributed by atoms with Crippen molar-refractivity contribution in [3.8, 4) is 22.8 Å². The van der Waals surface area contributed by atoms with Crippen molar-refractivity contribution in [3.63, 3.8) is 0 Å². The minimum atomic E-state index is -0.312. The first kappa shape index (κ1) is 22.1. The van der Waals surface area contributed by atoms with Gasteiger partial charge in [-0.05, 0) is 77.4 Å². The summed E-state index contributed by atoms with van der Waals surface area (Å²) < 4.78 is 7.77. The van der Waals surface area contributed by atoms with Crippen LogP contribution in [0.4, 0.5) is 5.82 Å². The zero-order chi connectivity index (χ0) is 24.2. The number of hydrogen-bond donors (Lipinski definition) is 2. The average Bonchev–Trinajstić information content (AvgIpc) is 3.46. The second kappa shape index (κ2) is 8.37. The Balaban J connectivity index is 1.45. The molecule has 1 aliphatic carbocycles. The van der Waals surface area contributed by atoms with Crippen LogP contribution in [0.15, 0.2) is 23.2 Å². The second-order valence-corrected chi connectivity index (χ2v) is 10.7. The first-order chi connectivity index (χ1) is 16.9. The van der Waals surface area contributed by atoms with Gasteiger partial charge in [-0.25, -0.2) is 24.6 Å². The van der Waals surface area contributed by atoms with E-state index in [0.29, 0.717) is 45.9 Å². The predicted octanol–water partition coefficient (Wildman–Crippen LogP) is 3.70. The zero-order valence-electron chi connectivity index (χ0n) is 20.5. The van der Waals surface area contributed by atoms with Crippen LogP contribution in [0.5, 0.6) is 0 Å². The number of nitrogens with zero attached hydrogens (tertiary/aromatic N) is 7. The summed E-state index contributed by atoms with van der Waals surface area (Å²) in [5.74, 6) is 2.79. The van der Waals surface area contributed by atoms with Gasteiger partial charge in [-0.3, -0.25) is 0 Å². The number of fused-ring (bicyclic) bond motifs is 1. The maximum Gasteiger partial charge on any atom is 0.165 e. The van der Waals surface area contributed by atoms with Crippen LogP contribution >= 0.6 is 0 Å². The summed E-state index contributed by atoms with van der Waals surface area (Å²) in [5, 5.41) is 13.5. The third kappa shape index (κ3) is 4.05. The third-order valence-electron chi connectivity index (χ3n) is 6.93. The molecule has 3 N–H and O–H groups in total. The Bertz CT molecular complexity index is 1360. The van der Waals surface area contributed by atoms with Gasteiger partial charge in [0.1, 0.15) is 23.5 Å². The summed E-state index contributed by atoms with van der Waals surface area (Å²) in [6, 6.07) is 0. The molecular weight excluding hydrogens is 442 g/mol. The van der Waals surface area contributed by atoms with E-state index in [-0.39, 0.29) is 5.54 Å². The van der Waals surface area contributed by atoms with Gasteiger partial charge in [0.15, 0.2) is 17.2 Å². The van der Waals surface area contributed by atoms with Gasteiger partial charge in [0.05, 0.1) is 16.5 Å². The molecule has 0 bridgehead atoms. The number of nitrogen functional groups attached to an aromatic ring is 1. The van der Waals surface area contributed by atoms with Crippen LogP contribution in [-0.2, 0) is 12.0 Å². The third-order valence-corrected chi connectivity index (χ3v) is 6.93. The molecule has 6 rings (SSSR count). The van der Waals surface area contributed by atoms with Crippen molar-refractivity contribution >= 4 is 16.9 Å². The van der Waals surface area contributed by atoms with Gasteiger partial charge in [-0.15, -0.1) is 0 Å². The molecule has 2 fully saturated rings. The van der Waals surface area contributed by atoms with Gasteiger partial charge in [0.25, 0.3) is 0 Å². The molecule has 10 nitrogen and oxygen atoms in total.